The van der Waals surface area contributed by atoms with E-state index in [0.717, 1.165) is 0 Å². The van der Waals surface area contributed by atoms with Gasteiger partial charge in [-0.3, -0.25) is 14.2 Å². The van der Waals surface area contributed by atoms with Crippen LogP contribution in [0.4, 0.5) is 0 Å². The number of carbonyl (C=O) groups excluding carboxylic acids is 1. The van der Waals surface area contributed by atoms with Crippen molar-refractivity contribution >= 4 is 40.2 Å². The molecule has 0 bridgehead atoms. The molecule has 0 spiro atoms. The molecule has 0 saturated heterocycles. The van der Waals surface area contributed by atoms with Crippen molar-refractivity contribution in [3.05, 3.63) is 46.2 Å². The molecule has 0 fully saturated rings. The van der Waals surface area contributed by atoms with Crippen LogP contribution in [0.3, 0.4) is 0 Å². The van der Waals surface area contributed by atoms with Gasteiger partial charge in [-0.15, -0.1) is 6.58 Å². The SMILES string of the molecule is C=CCn1c(SCC(=O)NC(C)C)nc2cc(Cl)ccc2c1=O. The fourth-order valence-electron chi connectivity index (χ4n) is 2.07. The van der Waals surface area contributed by atoms with Gasteiger partial charge in [0.1, 0.15) is 0 Å². The molecule has 7 heteroatoms. The number of hydrogen-bond donors (Lipinski definition) is 1. The molecule has 122 valence electrons. The second-order valence-corrected chi connectivity index (χ2v) is 6.65. The van der Waals surface area contributed by atoms with Gasteiger partial charge in [-0.25, -0.2) is 4.98 Å². The van der Waals surface area contributed by atoms with Crippen LogP contribution in [-0.2, 0) is 11.3 Å². The molecular formula is C16H18ClN3O2S. The van der Waals surface area contributed by atoms with Gasteiger partial charge < -0.3 is 5.32 Å². The van der Waals surface area contributed by atoms with E-state index in [1.165, 1.54) is 16.3 Å². The van der Waals surface area contributed by atoms with Crippen LogP contribution < -0.4 is 10.9 Å². The summed E-state index contributed by atoms with van der Waals surface area (Å²) in [5.41, 5.74) is 0.355. The van der Waals surface area contributed by atoms with Gasteiger partial charge in [-0.2, -0.15) is 0 Å². The lowest BCUT2D eigenvalue weighted by molar-refractivity contribution is -0.119. The Bertz CT molecular complexity index is 802. The zero-order valence-corrected chi connectivity index (χ0v) is 14.6. The van der Waals surface area contributed by atoms with E-state index < -0.39 is 0 Å². The van der Waals surface area contributed by atoms with Crippen LogP contribution >= 0.6 is 23.4 Å². The lowest BCUT2D eigenvalue weighted by Crippen LogP contribution is -2.32. The van der Waals surface area contributed by atoms with Crippen molar-refractivity contribution in [3.63, 3.8) is 0 Å². The molecule has 2 rings (SSSR count). The molecule has 0 aliphatic carbocycles. The number of thioether (sulfide) groups is 1. The molecule has 1 heterocycles. The normalized spacial score (nSPS) is 11.0. The average molecular weight is 352 g/mol. The maximum atomic E-state index is 12.6. The molecule has 23 heavy (non-hydrogen) atoms. The summed E-state index contributed by atoms with van der Waals surface area (Å²) in [6, 6.07) is 5.04. The first kappa shape index (κ1) is 17.6. The van der Waals surface area contributed by atoms with Crippen LogP contribution in [0, 0.1) is 0 Å². The molecule has 0 radical (unpaired) electrons. The van der Waals surface area contributed by atoms with Crippen molar-refractivity contribution < 1.29 is 4.79 Å². The number of amides is 1. The molecule has 0 aliphatic heterocycles. The zero-order valence-electron chi connectivity index (χ0n) is 13.0. The summed E-state index contributed by atoms with van der Waals surface area (Å²) in [5, 5.41) is 4.29. The molecule has 0 unspecified atom stereocenters. The number of aromatic nitrogens is 2. The third kappa shape index (κ3) is 4.36. The van der Waals surface area contributed by atoms with Crippen molar-refractivity contribution in [1.82, 2.24) is 14.9 Å². The third-order valence-corrected chi connectivity index (χ3v) is 4.19. The van der Waals surface area contributed by atoms with Gasteiger partial charge in [0.2, 0.25) is 5.91 Å². The van der Waals surface area contributed by atoms with Crippen molar-refractivity contribution in [2.24, 2.45) is 0 Å². The monoisotopic (exact) mass is 351 g/mol. The van der Waals surface area contributed by atoms with E-state index in [4.69, 9.17) is 11.6 Å². The minimum atomic E-state index is -0.168. The number of fused-ring (bicyclic) bond motifs is 1. The summed E-state index contributed by atoms with van der Waals surface area (Å²) in [5.74, 6) is 0.0870. The van der Waals surface area contributed by atoms with E-state index in [9.17, 15) is 9.59 Å². The first-order valence-corrected chi connectivity index (χ1v) is 8.52. The van der Waals surface area contributed by atoms with Gasteiger partial charge in [-0.1, -0.05) is 29.4 Å². The summed E-state index contributed by atoms with van der Waals surface area (Å²) < 4.78 is 1.51. The van der Waals surface area contributed by atoms with E-state index in [0.29, 0.717) is 27.6 Å². The minimum Gasteiger partial charge on any atom is -0.353 e. The first-order chi connectivity index (χ1) is 10.9. The van der Waals surface area contributed by atoms with Crippen molar-refractivity contribution in [3.8, 4) is 0 Å². The number of nitrogens with one attached hydrogen (secondary N) is 1. The number of halogens is 1. The Hall–Kier alpha value is -1.79. The van der Waals surface area contributed by atoms with Crippen LogP contribution in [0.5, 0.6) is 0 Å². The highest BCUT2D eigenvalue weighted by Gasteiger charge is 2.13. The molecule has 0 atom stereocenters. The van der Waals surface area contributed by atoms with E-state index in [-0.39, 0.29) is 23.3 Å². The van der Waals surface area contributed by atoms with Gasteiger partial charge in [-0.05, 0) is 32.0 Å². The topological polar surface area (TPSA) is 64.0 Å². The average Bonchev–Trinajstić information content (AvgIpc) is 2.47. The molecular weight excluding hydrogens is 334 g/mol. The summed E-state index contributed by atoms with van der Waals surface area (Å²) >= 11 is 7.19. The number of hydrogen-bond acceptors (Lipinski definition) is 4. The van der Waals surface area contributed by atoms with Gasteiger partial charge in [0, 0.05) is 17.6 Å². The van der Waals surface area contributed by atoms with Crippen molar-refractivity contribution in [1.29, 1.82) is 0 Å². The number of rotatable bonds is 6. The highest BCUT2D eigenvalue weighted by Crippen LogP contribution is 2.20. The summed E-state index contributed by atoms with van der Waals surface area (Å²) in [4.78, 5) is 28.9. The molecule has 0 saturated carbocycles. The minimum absolute atomic E-state index is 0.0711. The molecule has 1 aromatic heterocycles. The van der Waals surface area contributed by atoms with Crippen LogP contribution in [0.1, 0.15) is 13.8 Å². The van der Waals surface area contributed by atoms with E-state index in [1.807, 2.05) is 13.8 Å². The number of allylic oxidation sites excluding steroid dienone is 1. The highest BCUT2D eigenvalue weighted by molar-refractivity contribution is 7.99. The van der Waals surface area contributed by atoms with Crippen LogP contribution in [0.15, 0.2) is 40.8 Å². The molecule has 5 nitrogen and oxygen atoms in total. The fourth-order valence-corrected chi connectivity index (χ4v) is 3.05. The lowest BCUT2D eigenvalue weighted by Gasteiger charge is -2.12. The smallest absolute Gasteiger partial charge is 0.262 e. The third-order valence-electron chi connectivity index (χ3n) is 2.98. The molecule has 1 aromatic carbocycles. The summed E-state index contributed by atoms with van der Waals surface area (Å²) in [6.45, 7) is 7.79. The largest absolute Gasteiger partial charge is 0.353 e. The van der Waals surface area contributed by atoms with Gasteiger partial charge in [0.25, 0.3) is 5.56 Å². The highest BCUT2D eigenvalue weighted by atomic mass is 35.5. The molecule has 1 N–H and O–H groups in total. The standard InChI is InChI=1S/C16H18ClN3O2S/c1-4-7-20-15(22)12-6-5-11(17)8-13(12)19-16(20)23-9-14(21)18-10(2)3/h4-6,8,10H,1,7,9H2,2-3H3,(H,18,21). The van der Waals surface area contributed by atoms with Gasteiger partial charge in [0.05, 0.1) is 16.7 Å². The van der Waals surface area contributed by atoms with E-state index in [1.54, 1.807) is 24.3 Å². The zero-order chi connectivity index (χ0) is 17.0. The number of nitrogens with zero attached hydrogens (tertiary/aromatic N) is 2. The predicted molar refractivity (Wildman–Crippen MR) is 95.2 cm³/mol. The Morgan fingerprint density at radius 1 is 1.52 bits per heavy atom. The molecule has 0 aliphatic rings. The van der Waals surface area contributed by atoms with E-state index >= 15 is 0 Å². The van der Waals surface area contributed by atoms with Crippen LogP contribution in [-0.4, -0.2) is 27.3 Å². The molecule has 1 amide bonds. The number of benzene rings is 1. The summed E-state index contributed by atoms with van der Waals surface area (Å²) in [7, 11) is 0. The van der Waals surface area contributed by atoms with Crippen molar-refractivity contribution in [2.75, 3.05) is 5.75 Å². The second-order valence-electron chi connectivity index (χ2n) is 5.27. The lowest BCUT2D eigenvalue weighted by atomic mass is 10.2. The fraction of sp³-hybridized carbons (Fsp3) is 0.312. The predicted octanol–water partition coefficient (Wildman–Crippen LogP) is 2.85. The quantitative estimate of drug-likeness (QED) is 0.494. The Labute approximate surface area is 143 Å². The maximum Gasteiger partial charge on any atom is 0.262 e. The van der Waals surface area contributed by atoms with Crippen molar-refractivity contribution in [2.45, 2.75) is 31.6 Å². The Morgan fingerprint density at radius 2 is 2.26 bits per heavy atom. The van der Waals surface area contributed by atoms with Crippen LogP contribution in [0.2, 0.25) is 5.02 Å². The Kier molecular flexibility index (Phi) is 5.85. The maximum absolute atomic E-state index is 12.6. The van der Waals surface area contributed by atoms with Gasteiger partial charge in [0.15, 0.2) is 5.16 Å². The van der Waals surface area contributed by atoms with Gasteiger partial charge >= 0.3 is 0 Å². The Morgan fingerprint density at radius 3 is 2.91 bits per heavy atom. The summed E-state index contributed by atoms with van der Waals surface area (Å²) in [6.07, 6.45) is 1.63. The van der Waals surface area contributed by atoms with E-state index in [2.05, 4.69) is 16.9 Å². The van der Waals surface area contributed by atoms with Crippen LogP contribution in [0.25, 0.3) is 10.9 Å². The second kappa shape index (κ2) is 7.66. The molecule has 2 aromatic rings. The number of carbonyl (C=O) groups is 1. The first-order valence-electron chi connectivity index (χ1n) is 7.15. The Balaban J connectivity index is 2.40.